The minimum absolute atomic E-state index is 0.0228. The van der Waals surface area contributed by atoms with Gasteiger partial charge in [0.1, 0.15) is 0 Å². The van der Waals surface area contributed by atoms with E-state index in [1.54, 1.807) is 0 Å². The number of nitrogens with two attached hydrogens (primary N) is 1. The summed E-state index contributed by atoms with van der Waals surface area (Å²) in [6.45, 7) is 6.76. The van der Waals surface area contributed by atoms with E-state index in [-0.39, 0.29) is 24.6 Å². The third-order valence-electron chi connectivity index (χ3n) is 3.96. The second-order valence-electron chi connectivity index (χ2n) is 5.59. The second-order valence-corrected chi connectivity index (χ2v) is 5.59. The quantitative estimate of drug-likeness (QED) is 0.759. The van der Waals surface area contributed by atoms with Gasteiger partial charge in [0.2, 0.25) is 5.91 Å². The highest BCUT2D eigenvalue weighted by Crippen LogP contribution is 2.38. The van der Waals surface area contributed by atoms with E-state index >= 15 is 0 Å². The summed E-state index contributed by atoms with van der Waals surface area (Å²) in [4.78, 5) is 14.5. The summed E-state index contributed by atoms with van der Waals surface area (Å²) < 4.78 is 0. The molecular formula is C13H26N2O2. The standard InChI is InChI=1S/C13H26N2O2/c1-10(2)15(8-5-9-16)12(17)13(3)7-4-6-11(13)14/h10-11,16H,4-9,14H2,1-3H3. The van der Waals surface area contributed by atoms with Crippen molar-refractivity contribution in [3.63, 3.8) is 0 Å². The number of carbonyl (C=O) groups excluding carboxylic acids is 1. The molecule has 0 spiro atoms. The molecule has 0 aromatic rings. The summed E-state index contributed by atoms with van der Waals surface area (Å²) >= 11 is 0. The van der Waals surface area contributed by atoms with Crippen LogP contribution >= 0.6 is 0 Å². The van der Waals surface area contributed by atoms with Crippen molar-refractivity contribution in [1.29, 1.82) is 0 Å². The normalized spacial score (nSPS) is 28.7. The number of aliphatic hydroxyl groups is 1. The Kier molecular flexibility index (Phi) is 4.95. The zero-order valence-corrected chi connectivity index (χ0v) is 11.3. The number of amides is 1. The zero-order valence-electron chi connectivity index (χ0n) is 11.3. The van der Waals surface area contributed by atoms with Crippen molar-refractivity contribution in [2.24, 2.45) is 11.1 Å². The molecule has 0 aromatic heterocycles. The smallest absolute Gasteiger partial charge is 0.230 e. The number of rotatable bonds is 5. The highest BCUT2D eigenvalue weighted by atomic mass is 16.3. The van der Waals surface area contributed by atoms with Crippen molar-refractivity contribution in [2.75, 3.05) is 13.2 Å². The van der Waals surface area contributed by atoms with Gasteiger partial charge in [0.15, 0.2) is 0 Å². The summed E-state index contributed by atoms with van der Waals surface area (Å²) in [6, 6.07) is 0.143. The molecule has 0 saturated heterocycles. The van der Waals surface area contributed by atoms with Crippen molar-refractivity contribution in [2.45, 2.75) is 58.5 Å². The minimum Gasteiger partial charge on any atom is -0.396 e. The Hall–Kier alpha value is -0.610. The van der Waals surface area contributed by atoms with Gasteiger partial charge in [0.25, 0.3) is 0 Å². The van der Waals surface area contributed by atoms with Gasteiger partial charge in [-0.1, -0.05) is 6.42 Å². The van der Waals surface area contributed by atoms with Crippen molar-refractivity contribution < 1.29 is 9.90 Å². The molecule has 1 fully saturated rings. The third kappa shape index (κ3) is 2.99. The molecular weight excluding hydrogens is 216 g/mol. The Labute approximate surface area is 104 Å². The van der Waals surface area contributed by atoms with Gasteiger partial charge in [0.05, 0.1) is 5.41 Å². The van der Waals surface area contributed by atoms with Gasteiger partial charge in [-0.3, -0.25) is 4.79 Å². The number of hydrogen-bond donors (Lipinski definition) is 2. The van der Waals surface area contributed by atoms with Gasteiger partial charge in [-0.15, -0.1) is 0 Å². The Morgan fingerprint density at radius 3 is 2.65 bits per heavy atom. The fourth-order valence-corrected chi connectivity index (χ4v) is 2.62. The number of aliphatic hydroxyl groups excluding tert-OH is 1. The van der Waals surface area contributed by atoms with Crippen molar-refractivity contribution >= 4 is 5.91 Å². The number of hydrogen-bond acceptors (Lipinski definition) is 3. The van der Waals surface area contributed by atoms with E-state index in [1.165, 1.54) is 0 Å². The lowest BCUT2D eigenvalue weighted by molar-refractivity contribution is -0.143. The molecule has 2 atom stereocenters. The van der Waals surface area contributed by atoms with Crippen molar-refractivity contribution in [3.8, 4) is 0 Å². The van der Waals surface area contributed by atoms with Gasteiger partial charge in [-0.2, -0.15) is 0 Å². The first-order valence-corrected chi connectivity index (χ1v) is 6.61. The van der Waals surface area contributed by atoms with Crippen molar-refractivity contribution in [1.82, 2.24) is 4.90 Å². The monoisotopic (exact) mass is 242 g/mol. The summed E-state index contributed by atoms with van der Waals surface area (Å²) in [5.41, 5.74) is 5.68. The van der Waals surface area contributed by atoms with Crippen LogP contribution < -0.4 is 5.73 Å². The topological polar surface area (TPSA) is 66.6 Å². The van der Waals surface area contributed by atoms with Crippen LogP contribution in [0.4, 0.5) is 0 Å². The maximum atomic E-state index is 12.6. The first-order chi connectivity index (χ1) is 7.93. The average Bonchev–Trinajstić information content (AvgIpc) is 2.60. The van der Waals surface area contributed by atoms with E-state index < -0.39 is 5.41 Å². The van der Waals surface area contributed by atoms with Crippen LogP contribution in [-0.2, 0) is 4.79 Å². The van der Waals surface area contributed by atoms with Crippen LogP contribution in [0.25, 0.3) is 0 Å². The molecule has 4 nitrogen and oxygen atoms in total. The second kappa shape index (κ2) is 5.83. The zero-order chi connectivity index (χ0) is 13.1. The van der Waals surface area contributed by atoms with Gasteiger partial charge in [0, 0.05) is 25.2 Å². The van der Waals surface area contributed by atoms with E-state index in [0.717, 1.165) is 19.3 Å². The van der Waals surface area contributed by atoms with Gasteiger partial charge in [-0.05, 0) is 40.0 Å². The van der Waals surface area contributed by atoms with Crippen molar-refractivity contribution in [3.05, 3.63) is 0 Å². The molecule has 0 radical (unpaired) electrons. The predicted molar refractivity (Wildman–Crippen MR) is 68.5 cm³/mol. The lowest BCUT2D eigenvalue weighted by Crippen LogP contribution is -2.51. The minimum atomic E-state index is -0.403. The van der Waals surface area contributed by atoms with E-state index in [4.69, 9.17) is 10.8 Å². The first-order valence-electron chi connectivity index (χ1n) is 6.61. The maximum absolute atomic E-state index is 12.6. The molecule has 0 aliphatic heterocycles. The molecule has 0 aromatic carbocycles. The average molecular weight is 242 g/mol. The molecule has 3 N–H and O–H groups in total. The van der Waals surface area contributed by atoms with E-state index in [0.29, 0.717) is 13.0 Å². The van der Waals surface area contributed by atoms with Gasteiger partial charge >= 0.3 is 0 Å². The number of carbonyl (C=O) groups is 1. The molecule has 1 saturated carbocycles. The first kappa shape index (κ1) is 14.5. The molecule has 4 heteroatoms. The van der Waals surface area contributed by atoms with Crippen LogP contribution in [0.5, 0.6) is 0 Å². The number of nitrogens with zero attached hydrogens (tertiary/aromatic N) is 1. The van der Waals surface area contributed by atoms with E-state index in [1.807, 2.05) is 25.7 Å². The SMILES string of the molecule is CC(C)N(CCCO)C(=O)C1(C)CCCC1N. The molecule has 0 bridgehead atoms. The molecule has 1 aliphatic rings. The van der Waals surface area contributed by atoms with Crippen LogP contribution in [0.2, 0.25) is 0 Å². The van der Waals surface area contributed by atoms with Crippen LogP contribution in [-0.4, -0.2) is 41.1 Å². The fraction of sp³-hybridized carbons (Fsp3) is 0.923. The van der Waals surface area contributed by atoms with Crippen LogP contribution in [0.15, 0.2) is 0 Å². The molecule has 17 heavy (non-hydrogen) atoms. The summed E-state index contributed by atoms with van der Waals surface area (Å²) in [7, 11) is 0. The van der Waals surface area contributed by atoms with Gasteiger partial charge in [-0.25, -0.2) is 0 Å². The molecule has 1 rings (SSSR count). The van der Waals surface area contributed by atoms with Crippen LogP contribution in [0, 0.1) is 5.41 Å². The van der Waals surface area contributed by atoms with E-state index in [2.05, 4.69) is 0 Å². The Morgan fingerprint density at radius 1 is 1.59 bits per heavy atom. The summed E-state index contributed by atoms with van der Waals surface area (Å²) in [5.74, 6) is 0.158. The third-order valence-corrected chi connectivity index (χ3v) is 3.96. The Balaban J connectivity index is 2.76. The lowest BCUT2D eigenvalue weighted by Gasteiger charge is -2.36. The van der Waals surface area contributed by atoms with Crippen LogP contribution in [0.1, 0.15) is 46.5 Å². The summed E-state index contributed by atoms with van der Waals surface area (Å²) in [6.07, 6.45) is 3.49. The molecule has 0 heterocycles. The Morgan fingerprint density at radius 2 is 2.24 bits per heavy atom. The fourth-order valence-electron chi connectivity index (χ4n) is 2.62. The van der Waals surface area contributed by atoms with Gasteiger partial charge < -0.3 is 15.7 Å². The lowest BCUT2D eigenvalue weighted by atomic mass is 9.83. The predicted octanol–water partition coefficient (Wildman–Crippen LogP) is 1.12. The van der Waals surface area contributed by atoms with Crippen LogP contribution in [0.3, 0.4) is 0 Å². The molecule has 100 valence electrons. The molecule has 1 aliphatic carbocycles. The highest BCUT2D eigenvalue weighted by molar-refractivity contribution is 5.83. The molecule has 2 unspecified atom stereocenters. The summed E-state index contributed by atoms with van der Waals surface area (Å²) in [5, 5.41) is 8.90. The molecule has 1 amide bonds. The highest BCUT2D eigenvalue weighted by Gasteiger charge is 2.45. The maximum Gasteiger partial charge on any atom is 0.230 e. The largest absolute Gasteiger partial charge is 0.396 e. The Bertz CT molecular complexity index is 268. The van der Waals surface area contributed by atoms with E-state index in [9.17, 15) is 4.79 Å².